The van der Waals surface area contributed by atoms with Gasteiger partial charge >= 0.3 is 0 Å². The number of ketones is 1. The molecule has 0 heterocycles. The summed E-state index contributed by atoms with van der Waals surface area (Å²) >= 11 is 5.49. The summed E-state index contributed by atoms with van der Waals surface area (Å²) in [5.41, 5.74) is 0.0651. The third-order valence-corrected chi connectivity index (χ3v) is 2.07. The van der Waals surface area contributed by atoms with Crippen molar-refractivity contribution in [2.45, 2.75) is 17.9 Å². The second-order valence-corrected chi connectivity index (χ2v) is 2.82. The van der Waals surface area contributed by atoms with E-state index < -0.39 is 17.3 Å². The third kappa shape index (κ3) is 1.49. The number of aliphatic hydroxyl groups excluding tert-OH is 1. The molecule has 1 aliphatic carbocycles. The molecule has 2 unspecified atom stereocenters. The van der Waals surface area contributed by atoms with Gasteiger partial charge in [-0.3, -0.25) is 9.59 Å². The molecule has 0 amide bonds. The molecule has 0 bridgehead atoms. The first kappa shape index (κ1) is 8.43. The normalized spacial score (nSPS) is 31.5. The first-order valence-corrected chi connectivity index (χ1v) is 3.62. The van der Waals surface area contributed by atoms with Crippen LogP contribution in [0.2, 0.25) is 0 Å². The minimum Gasteiger partial charge on any atom is -0.391 e. The van der Waals surface area contributed by atoms with Crippen molar-refractivity contribution >= 4 is 23.7 Å². The number of aliphatic hydroxyl groups is 1. The quantitative estimate of drug-likeness (QED) is 0.347. The highest BCUT2D eigenvalue weighted by Gasteiger charge is 2.29. The van der Waals surface area contributed by atoms with Gasteiger partial charge in [0.25, 0.3) is 0 Å². The van der Waals surface area contributed by atoms with Crippen LogP contribution in [0.15, 0.2) is 11.6 Å². The maximum Gasteiger partial charge on any atom is 0.186 e. The lowest BCUT2D eigenvalue weighted by Crippen LogP contribution is -2.33. The van der Waals surface area contributed by atoms with E-state index in [-0.39, 0.29) is 12.0 Å². The van der Waals surface area contributed by atoms with E-state index in [2.05, 4.69) is 0 Å². The number of allylic oxidation sites excluding steroid dienone is 1. The largest absolute Gasteiger partial charge is 0.391 e. The van der Waals surface area contributed by atoms with E-state index in [0.717, 1.165) is 0 Å². The Hall–Kier alpha value is -0.670. The molecule has 0 aromatic carbocycles. The van der Waals surface area contributed by atoms with Crippen LogP contribution in [0.5, 0.6) is 0 Å². The first-order chi connectivity index (χ1) is 5.16. The zero-order chi connectivity index (χ0) is 8.43. The molecule has 0 radical (unpaired) electrons. The molecule has 0 aromatic heterocycles. The van der Waals surface area contributed by atoms with E-state index in [4.69, 9.17) is 16.7 Å². The van der Waals surface area contributed by atoms with Crippen LogP contribution >= 0.6 is 11.6 Å². The Kier molecular flexibility index (Phi) is 2.42. The van der Waals surface area contributed by atoms with E-state index in [1.807, 2.05) is 0 Å². The smallest absolute Gasteiger partial charge is 0.186 e. The van der Waals surface area contributed by atoms with Gasteiger partial charge in [-0.15, -0.1) is 11.6 Å². The summed E-state index contributed by atoms with van der Waals surface area (Å²) in [7, 11) is 0. The summed E-state index contributed by atoms with van der Waals surface area (Å²) in [4.78, 5) is 21.2. The van der Waals surface area contributed by atoms with Crippen molar-refractivity contribution in [3.8, 4) is 0 Å². The van der Waals surface area contributed by atoms with E-state index in [1.165, 1.54) is 6.08 Å². The molecular weight excluding hydrogens is 168 g/mol. The minimum absolute atomic E-state index is 0.0651. The van der Waals surface area contributed by atoms with Crippen molar-refractivity contribution < 1.29 is 14.7 Å². The van der Waals surface area contributed by atoms with Crippen LogP contribution in [0, 0.1) is 0 Å². The van der Waals surface area contributed by atoms with E-state index in [0.29, 0.717) is 6.29 Å². The number of hydrogen-bond donors (Lipinski definition) is 1. The Morgan fingerprint density at radius 1 is 1.73 bits per heavy atom. The van der Waals surface area contributed by atoms with Crippen molar-refractivity contribution in [3.05, 3.63) is 11.6 Å². The molecular formula is C7H7ClO3. The van der Waals surface area contributed by atoms with Gasteiger partial charge in [0, 0.05) is 0 Å². The molecule has 0 saturated heterocycles. The van der Waals surface area contributed by atoms with Gasteiger partial charge in [-0.25, -0.2) is 0 Å². The molecule has 0 spiro atoms. The van der Waals surface area contributed by atoms with Gasteiger partial charge in [0.15, 0.2) is 12.1 Å². The third-order valence-electron chi connectivity index (χ3n) is 1.58. The van der Waals surface area contributed by atoms with Crippen molar-refractivity contribution in [2.24, 2.45) is 0 Å². The molecule has 0 fully saturated rings. The van der Waals surface area contributed by atoms with Crippen LogP contribution in [0.4, 0.5) is 0 Å². The number of rotatable bonds is 1. The second-order valence-electron chi connectivity index (χ2n) is 2.35. The fourth-order valence-electron chi connectivity index (χ4n) is 0.908. The molecule has 0 saturated carbocycles. The summed E-state index contributed by atoms with van der Waals surface area (Å²) in [6.45, 7) is 0. The lowest BCUT2D eigenvalue weighted by molar-refractivity contribution is -0.119. The van der Waals surface area contributed by atoms with Crippen LogP contribution < -0.4 is 0 Å². The monoisotopic (exact) mass is 174 g/mol. The second kappa shape index (κ2) is 3.15. The molecule has 3 nitrogen and oxygen atoms in total. The molecule has 1 aliphatic rings. The standard InChI is InChI=1S/C7H7ClO3/c8-6-5(10)2-1-4(3-9)7(6)11/h1,3,5-6,10H,2H2. The van der Waals surface area contributed by atoms with Gasteiger partial charge in [0.2, 0.25) is 0 Å². The number of carbonyl (C=O) groups is 2. The highest BCUT2D eigenvalue weighted by Crippen LogP contribution is 2.18. The molecule has 4 heteroatoms. The molecule has 0 aliphatic heterocycles. The average Bonchev–Trinajstić information content (AvgIpc) is 2.01. The molecule has 1 N–H and O–H groups in total. The lowest BCUT2D eigenvalue weighted by atomic mass is 9.96. The van der Waals surface area contributed by atoms with Crippen molar-refractivity contribution in [3.63, 3.8) is 0 Å². The fraction of sp³-hybridized carbons (Fsp3) is 0.429. The van der Waals surface area contributed by atoms with Crippen LogP contribution in [-0.2, 0) is 9.59 Å². The predicted molar refractivity (Wildman–Crippen MR) is 39.4 cm³/mol. The first-order valence-electron chi connectivity index (χ1n) is 3.18. The van der Waals surface area contributed by atoms with Gasteiger partial charge in [-0.1, -0.05) is 6.08 Å². The Morgan fingerprint density at radius 2 is 2.36 bits per heavy atom. The van der Waals surface area contributed by atoms with Crippen LogP contribution in [0.25, 0.3) is 0 Å². The molecule has 0 aromatic rings. The lowest BCUT2D eigenvalue weighted by Gasteiger charge is -2.18. The van der Waals surface area contributed by atoms with Gasteiger partial charge in [0.05, 0.1) is 11.7 Å². The van der Waals surface area contributed by atoms with Gasteiger partial charge in [-0.2, -0.15) is 0 Å². The summed E-state index contributed by atoms with van der Waals surface area (Å²) in [5, 5.41) is 8.09. The minimum atomic E-state index is -0.958. The Labute approximate surface area is 68.7 Å². The maximum absolute atomic E-state index is 11.0. The van der Waals surface area contributed by atoms with E-state index in [9.17, 15) is 9.59 Å². The molecule has 60 valence electrons. The predicted octanol–water partition coefficient (Wildman–Crippen LogP) is 0.0528. The van der Waals surface area contributed by atoms with E-state index in [1.54, 1.807) is 0 Å². The van der Waals surface area contributed by atoms with E-state index >= 15 is 0 Å². The van der Waals surface area contributed by atoms with Crippen molar-refractivity contribution in [2.75, 3.05) is 0 Å². The van der Waals surface area contributed by atoms with Crippen molar-refractivity contribution in [1.82, 2.24) is 0 Å². The maximum atomic E-state index is 11.0. The van der Waals surface area contributed by atoms with Crippen molar-refractivity contribution in [1.29, 1.82) is 0 Å². The topological polar surface area (TPSA) is 54.4 Å². The highest BCUT2D eigenvalue weighted by atomic mass is 35.5. The molecule has 2 atom stereocenters. The number of halogens is 1. The van der Waals surface area contributed by atoms with Gasteiger partial charge in [-0.05, 0) is 6.42 Å². The number of hydrogen-bond acceptors (Lipinski definition) is 3. The Bertz CT molecular complexity index is 222. The SMILES string of the molecule is O=CC1=CCC(O)C(Cl)C1=O. The van der Waals surface area contributed by atoms with Crippen LogP contribution in [-0.4, -0.2) is 28.7 Å². The summed E-state index contributed by atoms with van der Waals surface area (Å²) in [6, 6.07) is 0. The molecule has 11 heavy (non-hydrogen) atoms. The van der Waals surface area contributed by atoms with Crippen LogP contribution in [0.3, 0.4) is 0 Å². The zero-order valence-corrected chi connectivity index (χ0v) is 6.41. The average molecular weight is 175 g/mol. The number of carbonyl (C=O) groups excluding carboxylic acids is 2. The van der Waals surface area contributed by atoms with Gasteiger partial charge in [0.1, 0.15) is 5.38 Å². The zero-order valence-electron chi connectivity index (χ0n) is 5.66. The fourth-order valence-corrected chi connectivity index (χ4v) is 1.14. The summed E-state index contributed by atoms with van der Waals surface area (Å²) < 4.78 is 0. The highest BCUT2D eigenvalue weighted by molar-refractivity contribution is 6.37. The Morgan fingerprint density at radius 3 is 2.91 bits per heavy atom. The Balaban J connectivity index is 2.87. The van der Waals surface area contributed by atoms with Gasteiger partial charge < -0.3 is 5.11 Å². The number of Topliss-reactive ketones (excluding diaryl/α,β-unsaturated/α-hetero) is 1. The van der Waals surface area contributed by atoms with Crippen LogP contribution in [0.1, 0.15) is 6.42 Å². The molecule has 1 rings (SSSR count). The number of alkyl halides is 1. The summed E-state index contributed by atoms with van der Waals surface area (Å²) in [6.07, 6.45) is 1.28. The summed E-state index contributed by atoms with van der Waals surface area (Å²) in [5.74, 6) is -0.486. The number of aldehydes is 1.